The summed E-state index contributed by atoms with van der Waals surface area (Å²) in [5.74, 6) is 0.434. The first kappa shape index (κ1) is 8.45. The van der Waals surface area contributed by atoms with Crippen molar-refractivity contribution in [2.24, 2.45) is 0 Å². The lowest BCUT2D eigenvalue weighted by Crippen LogP contribution is -2.14. The molecular weight excluding hydrogens is 158 g/mol. The van der Waals surface area contributed by atoms with Gasteiger partial charge in [-0.2, -0.15) is 0 Å². The van der Waals surface area contributed by atoms with Crippen LogP contribution >= 0.6 is 0 Å². The van der Waals surface area contributed by atoms with Gasteiger partial charge >= 0.3 is 6.09 Å². The summed E-state index contributed by atoms with van der Waals surface area (Å²) in [5, 5.41) is 2.43. The van der Waals surface area contributed by atoms with Gasteiger partial charge in [0, 0.05) is 6.20 Å². The van der Waals surface area contributed by atoms with E-state index in [1.165, 1.54) is 12.5 Å². The maximum absolute atomic E-state index is 10.8. The van der Waals surface area contributed by atoms with Crippen LogP contribution in [0.5, 0.6) is 0 Å². The van der Waals surface area contributed by atoms with Crippen molar-refractivity contribution in [3.05, 3.63) is 18.6 Å². The normalized spacial score (nSPS) is 9.08. The third kappa shape index (κ3) is 2.53. The molecule has 1 aromatic rings. The Kier molecular flexibility index (Phi) is 3.01. The Balaban J connectivity index is 2.47. The van der Waals surface area contributed by atoms with Crippen molar-refractivity contribution in [1.82, 2.24) is 9.97 Å². The molecule has 0 atom stereocenters. The number of ether oxygens (including phenoxy) is 1. The van der Waals surface area contributed by atoms with Crippen LogP contribution in [-0.4, -0.2) is 22.7 Å². The average molecular weight is 167 g/mol. The number of anilines is 1. The Hall–Kier alpha value is -1.65. The molecule has 12 heavy (non-hydrogen) atoms. The van der Waals surface area contributed by atoms with Crippen molar-refractivity contribution in [3.8, 4) is 0 Å². The summed E-state index contributed by atoms with van der Waals surface area (Å²) >= 11 is 0. The molecule has 1 aromatic heterocycles. The van der Waals surface area contributed by atoms with Crippen molar-refractivity contribution >= 4 is 11.9 Å². The fraction of sp³-hybridized carbons (Fsp3) is 0.286. The first-order valence-corrected chi connectivity index (χ1v) is 3.52. The van der Waals surface area contributed by atoms with Gasteiger partial charge in [-0.3, -0.25) is 5.32 Å². The average Bonchev–Trinajstić information content (AvgIpc) is 2.06. The first-order chi connectivity index (χ1) is 5.83. The van der Waals surface area contributed by atoms with Crippen LogP contribution in [0.4, 0.5) is 10.6 Å². The van der Waals surface area contributed by atoms with E-state index in [0.717, 1.165) is 0 Å². The molecule has 0 aliphatic heterocycles. The van der Waals surface area contributed by atoms with Crippen LogP contribution in [0.25, 0.3) is 0 Å². The van der Waals surface area contributed by atoms with Gasteiger partial charge in [-0.05, 0) is 13.0 Å². The molecule has 0 aromatic carbocycles. The molecular formula is C7H9N3O2. The molecule has 0 saturated heterocycles. The van der Waals surface area contributed by atoms with Crippen LogP contribution in [0.3, 0.4) is 0 Å². The highest BCUT2D eigenvalue weighted by Gasteiger charge is 2.00. The van der Waals surface area contributed by atoms with Gasteiger partial charge in [0.25, 0.3) is 0 Å². The molecule has 5 nitrogen and oxygen atoms in total. The standard InChI is InChI=1S/C7H9N3O2/c1-2-12-7(11)10-6-3-4-8-5-9-6/h3-5H,2H2,1H3,(H,8,9,10,11). The monoisotopic (exact) mass is 167 g/mol. The lowest BCUT2D eigenvalue weighted by atomic mass is 10.6. The second-order valence-corrected chi connectivity index (χ2v) is 1.94. The first-order valence-electron chi connectivity index (χ1n) is 3.52. The molecule has 0 fully saturated rings. The zero-order valence-electron chi connectivity index (χ0n) is 6.65. The highest BCUT2D eigenvalue weighted by atomic mass is 16.5. The molecule has 0 radical (unpaired) electrons. The molecule has 0 unspecified atom stereocenters. The maximum atomic E-state index is 10.8. The summed E-state index contributed by atoms with van der Waals surface area (Å²) in [7, 11) is 0. The number of aromatic nitrogens is 2. The molecule has 1 heterocycles. The number of carbonyl (C=O) groups excluding carboxylic acids is 1. The lowest BCUT2D eigenvalue weighted by Gasteiger charge is -2.02. The summed E-state index contributed by atoms with van der Waals surface area (Å²) in [6, 6.07) is 1.58. The van der Waals surface area contributed by atoms with E-state index in [1.54, 1.807) is 13.0 Å². The summed E-state index contributed by atoms with van der Waals surface area (Å²) in [6.07, 6.45) is 2.38. The summed E-state index contributed by atoms with van der Waals surface area (Å²) in [4.78, 5) is 18.3. The second kappa shape index (κ2) is 4.27. The van der Waals surface area contributed by atoms with E-state index in [4.69, 9.17) is 0 Å². The van der Waals surface area contributed by atoms with Crippen LogP contribution in [0.2, 0.25) is 0 Å². The number of hydrogen-bond acceptors (Lipinski definition) is 4. The maximum Gasteiger partial charge on any atom is 0.412 e. The van der Waals surface area contributed by atoms with Gasteiger partial charge in [0.15, 0.2) is 0 Å². The number of rotatable bonds is 2. The van der Waals surface area contributed by atoms with Crippen molar-refractivity contribution in [3.63, 3.8) is 0 Å². The minimum absolute atomic E-state index is 0.344. The Morgan fingerprint density at radius 2 is 2.58 bits per heavy atom. The molecule has 0 aliphatic rings. The van der Waals surface area contributed by atoms with Crippen LogP contribution in [0.15, 0.2) is 18.6 Å². The summed E-state index contributed by atoms with van der Waals surface area (Å²) in [6.45, 7) is 2.08. The molecule has 1 rings (SSSR count). The van der Waals surface area contributed by atoms with Crippen LogP contribution in [-0.2, 0) is 4.74 Å². The number of nitrogens with zero attached hydrogens (tertiary/aromatic N) is 2. The van der Waals surface area contributed by atoms with E-state index in [0.29, 0.717) is 12.4 Å². The van der Waals surface area contributed by atoms with Gasteiger partial charge in [0.1, 0.15) is 12.1 Å². The van der Waals surface area contributed by atoms with Crippen LogP contribution in [0.1, 0.15) is 6.92 Å². The Morgan fingerprint density at radius 3 is 3.17 bits per heavy atom. The van der Waals surface area contributed by atoms with Gasteiger partial charge < -0.3 is 4.74 Å². The fourth-order valence-electron chi connectivity index (χ4n) is 0.636. The van der Waals surface area contributed by atoms with Crippen molar-refractivity contribution in [2.45, 2.75) is 6.92 Å². The van der Waals surface area contributed by atoms with Gasteiger partial charge in [-0.15, -0.1) is 0 Å². The zero-order valence-corrected chi connectivity index (χ0v) is 6.65. The summed E-state index contributed by atoms with van der Waals surface area (Å²) < 4.78 is 4.64. The van der Waals surface area contributed by atoms with E-state index in [9.17, 15) is 4.79 Å². The molecule has 1 amide bonds. The zero-order chi connectivity index (χ0) is 8.81. The molecule has 0 spiro atoms. The van der Waals surface area contributed by atoms with Crippen LogP contribution in [0, 0.1) is 0 Å². The lowest BCUT2D eigenvalue weighted by molar-refractivity contribution is 0.168. The number of nitrogens with one attached hydrogen (secondary N) is 1. The predicted octanol–water partition coefficient (Wildman–Crippen LogP) is 1.04. The topological polar surface area (TPSA) is 64.1 Å². The minimum atomic E-state index is -0.504. The summed E-state index contributed by atoms with van der Waals surface area (Å²) in [5.41, 5.74) is 0. The Labute approximate surface area is 69.8 Å². The smallest absolute Gasteiger partial charge is 0.412 e. The van der Waals surface area contributed by atoms with Crippen molar-refractivity contribution in [1.29, 1.82) is 0 Å². The largest absolute Gasteiger partial charge is 0.450 e. The van der Waals surface area contributed by atoms with Gasteiger partial charge in [-0.25, -0.2) is 14.8 Å². The molecule has 1 N–H and O–H groups in total. The predicted molar refractivity (Wildman–Crippen MR) is 42.7 cm³/mol. The van der Waals surface area contributed by atoms with Crippen LogP contribution < -0.4 is 5.32 Å². The third-order valence-electron chi connectivity index (χ3n) is 1.09. The Bertz CT molecular complexity index is 250. The second-order valence-electron chi connectivity index (χ2n) is 1.94. The van der Waals surface area contributed by atoms with Gasteiger partial charge in [0.2, 0.25) is 0 Å². The highest BCUT2D eigenvalue weighted by Crippen LogP contribution is 1.97. The molecule has 64 valence electrons. The SMILES string of the molecule is CCOC(=O)Nc1ccncn1. The van der Waals surface area contributed by atoms with E-state index >= 15 is 0 Å². The van der Waals surface area contributed by atoms with E-state index in [2.05, 4.69) is 20.0 Å². The minimum Gasteiger partial charge on any atom is -0.450 e. The fourth-order valence-corrected chi connectivity index (χ4v) is 0.636. The van der Waals surface area contributed by atoms with E-state index in [1.807, 2.05) is 0 Å². The number of amides is 1. The van der Waals surface area contributed by atoms with E-state index in [-0.39, 0.29) is 0 Å². The quantitative estimate of drug-likeness (QED) is 0.714. The molecule has 5 heteroatoms. The van der Waals surface area contributed by atoms with Gasteiger partial charge in [0.05, 0.1) is 6.61 Å². The Morgan fingerprint density at radius 1 is 1.75 bits per heavy atom. The van der Waals surface area contributed by atoms with Crippen molar-refractivity contribution in [2.75, 3.05) is 11.9 Å². The van der Waals surface area contributed by atoms with E-state index < -0.39 is 6.09 Å². The van der Waals surface area contributed by atoms with Gasteiger partial charge in [-0.1, -0.05) is 0 Å². The molecule has 0 bridgehead atoms. The molecule has 0 saturated carbocycles. The highest BCUT2D eigenvalue weighted by molar-refractivity contribution is 5.83. The van der Waals surface area contributed by atoms with Crippen molar-refractivity contribution < 1.29 is 9.53 Å². The number of carbonyl (C=O) groups is 1. The molecule has 0 aliphatic carbocycles. The third-order valence-corrected chi connectivity index (χ3v) is 1.09. The number of hydrogen-bond donors (Lipinski definition) is 1.